The lowest BCUT2D eigenvalue weighted by Gasteiger charge is -2.42. The lowest BCUT2D eigenvalue weighted by molar-refractivity contribution is -0.332. The molecule has 2 saturated heterocycles. The maximum absolute atomic E-state index is 12.9. The van der Waals surface area contributed by atoms with E-state index in [9.17, 15) is 45.3 Å². The third-order valence-corrected chi connectivity index (χ3v) is 10.4. The normalized spacial score (nSPS) is 27.3. The lowest BCUT2D eigenvalue weighted by atomic mass is 9.98. The second-order valence-corrected chi connectivity index (χ2v) is 15.7. The number of esters is 2. The highest BCUT2D eigenvalue weighted by Crippen LogP contribution is 2.26. The van der Waals surface area contributed by atoms with Gasteiger partial charge in [0.2, 0.25) is 0 Å². The van der Waals surface area contributed by atoms with Crippen molar-refractivity contribution >= 4 is 11.9 Å². The first-order chi connectivity index (χ1) is 30.0. The van der Waals surface area contributed by atoms with Gasteiger partial charge in [0.25, 0.3) is 0 Å². The van der Waals surface area contributed by atoms with Gasteiger partial charge in [-0.1, -0.05) is 99.3 Å². The van der Waals surface area contributed by atoms with Gasteiger partial charge < -0.3 is 64.2 Å². The fraction of sp³-hybridized carbons (Fsp3) is 0.702. The zero-order valence-corrected chi connectivity index (χ0v) is 36.5. The topological polar surface area (TPSA) is 231 Å². The number of rotatable bonds is 34. The zero-order valence-electron chi connectivity index (χ0n) is 36.5. The van der Waals surface area contributed by atoms with Crippen molar-refractivity contribution in [2.24, 2.45) is 0 Å². The molecule has 62 heavy (non-hydrogen) atoms. The Labute approximate surface area is 368 Å². The molecule has 0 aromatic rings. The van der Waals surface area contributed by atoms with Crippen LogP contribution in [0.25, 0.3) is 0 Å². The van der Waals surface area contributed by atoms with E-state index in [1.54, 1.807) is 0 Å². The monoisotopic (exact) mass is 881 g/mol. The summed E-state index contributed by atoms with van der Waals surface area (Å²) < 4.78 is 33.4. The van der Waals surface area contributed by atoms with Crippen LogP contribution in [-0.2, 0) is 38.0 Å². The van der Waals surface area contributed by atoms with Crippen molar-refractivity contribution in [3.63, 3.8) is 0 Å². The van der Waals surface area contributed by atoms with Crippen LogP contribution in [0.5, 0.6) is 0 Å². The van der Waals surface area contributed by atoms with Gasteiger partial charge in [0.15, 0.2) is 18.7 Å². The van der Waals surface area contributed by atoms with Gasteiger partial charge in [-0.3, -0.25) is 9.59 Å². The van der Waals surface area contributed by atoms with Crippen LogP contribution in [0.4, 0.5) is 0 Å². The van der Waals surface area contributed by atoms with Gasteiger partial charge in [-0.15, -0.1) is 13.2 Å². The van der Waals surface area contributed by atoms with Crippen molar-refractivity contribution in [2.45, 2.75) is 183 Å². The molecule has 0 amide bonds. The Morgan fingerprint density at radius 2 is 0.968 bits per heavy atom. The molecule has 15 heteroatoms. The average molecular weight is 881 g/mol. The number of carbonyl (C=O) groups is 2. The summed E-state index contributed by atoms with van der Waals surface area (Å²) in [5.74, 6) is -0.983. The van der Waals surface area contributed by atoms with E-state index in [1.807, 2.05) is 12.2 Å². The van der Waals surface area contributed by atoms with Gasteiger partial charge >= 0.3 is 11.9 Å². The van der Waals surface area contributed by atoms with Gasteiger partial charge in [-0.25, -0.2) is 0 Å². The number of hydrogen-bond acceptors (Lipinski definition) is 15. The Bertz CT molecular complexity index is 1330. The molecule has 2 aliphatic heterocycles. The first kappa shape index (κ1) is 55.1. The Morgan fingerprint density at radius 3 is 1.52 bits per heavy atom. The number of aliphatic hydroxyl groups excluding tert-OH is 7. The van der Waals surface area contributed by atoms with Gasteiger partial charge in [-0.05, 0) is 64.2 Å². The minimum absolute atomic E-state index is 0.134. The fourth-order valence-electron chi connectivity index (χ4n) is 6.69. The number of aliphatic hydroxyl groups is 7. The Morgan fingerprint density at radius 1 is 0.516 bits per heavy atom. The largest absolute Gasteiger partial charge is 0.462 e. The molecule has 0 spiro atoms. The second-order valence-electron chi connectivity index (χ2n) is 15.7. The van der Waals surface area contributed by atoms with Crippen LogP contribution in [0.3, 0.4) is 0 Å². The molecule has 15 nitrogen and oxygen atoms in total. The van der Waals surface area contributed by atoms with E-state index >= 15 is 0 Å². The van der Waals surface area contributed by atoms with Crippen LogP contribution < -0.4 is 0 Å². The van der Waals surface area contributed by atoms with Gasteiger partial charge in [0, 0.05) is 12.8 Å². The summed E-state index contributed by atoms with van der Waals surface area (Å²) in [6.07, 6.45) is 18.7. The molecule has 2 aliphatic rings. The maximum Gasteiger partial charge on any atom is 0.306 e. The van der Waals surface area contributed by atoms with E-state index in [2.05, 4.69) is 61.8 Å². The van der Waals surface area contributed by atoms with Crippen molar-refractivity contribution in [2.75, 3.05) is 26.4 Å². The first-order valence-electron chi connectivity index (χ1n) is 22.4. The van der Waals surface area contributed by atoms with E-state index in [4.69, 9.17) is 28.4 Å². The predicted octanol–water partition coefficient (Wildman–Crippen LogP) is 4.70. The Hall–Kier alpha value is -3.06. The summed E-state index contributed by atoms with van der Waals surface area (Å²) >= 11 is 0. The Kier molecular flexibility index (Phi) is 30.5. The molecule has 0 unspecified atom stereocenters. The molecule has 7 N–H and O–H groups in total. The van der Waals surface area contributed by atoms with Crippen molar-refractivity contribution in [3.8, 4) is 0 Å². The molecule has 0 aromatic heterocycles. The van der Waals surface area contributed by atoms with E-state index in [-0.39, 0.29) is 19.4 Å². The van der Waals surface area contributed by atoms with Crippen molar-refractivity contribution in [1.29, 1.82) is 0 Å². The van der Waals surface area contributed by atoms with Crippen LogP contribution in [0.15, 0.2) is 73.9 Å². The highest BCUT2D eigenvalue weighted by atomic mass is 16.7. The number of carbonyl (C=O) groups excluding carboxylic acids is 2. The smallest absolute Gasteiger partial charge is 0.306 e. The minimum Gasteiger partial charge on any atom is -0.462 e. The van der Waals surface area contributed by atoms with Gasteiger partial charge in [0.1, 0.15) is 55.4 Å². The number of unbranched alkanes of at least 4 members (excludes halogenated alkanes) is 10. The van der Waals surface area contributed by atoms with Crippen LogP contribution in [0.1, 0.15) is 116 Å². The van der Waals surface area contributed by atoms with E-state index < -0.39 is 99.3 Å². The summed E-state index contributed by atoms with van der Waals surface area (Å²) in [5, 5.41) is 71.8. The zero-order chi connectivity index (χ0) is 45.4. The predicted molar refractivity (Wildman–Crippen MR) is 233 cm³/mol. The van der Waals surface area contributed by atoms with Gasteiger partial charge in [-0.2, -0.15) is 0 Å². The molecule has 11 atom stereocenters. The highest BCUT2D eigenvalue weighted by molar-refractivity contribution is 5.70. The van der Waals surface area contributed by atoms with Crippen LogP contribution in [0, 0.1) is 0 Å². The molecular formula is C47H76O15. The molecule has 354 valence electrons. The fourth-order valence-corrected chi connectivity index (χ4v) is 6.69. The average Bonchev–Trinajstić information content (AvgIpc) is 3.26. The van der Waals surface area contributed by atoms with Crippen LogP contribution >= 0.6 is 0 Å². The molecule has 2 heterocycles. The molecule has 0 radical (unpaired) electrons. The number of ether oxygens (including phenoxy) is 6. The molecule has 0 aromatic carbocycles. The minimum atomic E-state index is -1.78. The lowest BCUT2D eigenvalue weighted by Crippen LogP contribution is -2.61. The molecule has 2 rings (SSSR count). The molecule has 0 bridgehead atoms. The first-order valence-corrected chi connectivity index (χ1v) is 22.4. The van der Waals surface area contributed by atoms with E-state index in [0.717, 1.165) is 89.9 Å². The SMILES string of the molecule is C=CC/C=C/C/C=C\CCCCCCCC(=O)OC[C@H](CO[C@@H]1O[C@H](CO[C@H]2O[C@H](CO)[C@H](O)[C@H](O)[C@H]2O)[C@H](O)[C@H](O)[C@H]1O)OC(=O)CCCCCCC/C=C/C/C=C/CC=C. The van der Waals surface area contributed by atoms with Crippen molar-refractivity contribution < 1.29 is 73.8 Å². The van der Waals surface area contributed by atoms with Crippen LogP contribution in [0.2, 0.25) is 0 Å². The third-order valence-electron chi connectivity index (χ3n) is 10.4. The standard InChI is InChI=1S/C47H76O15/c1-3-5-7-9-11-13-15-17-19-21-23-25-27-29-38(49)57-32-35(60-39(50)30-28-26-24-22-20-18-16-14-12-10-8-6-4-2)33-58-46-45(56)43(54)41(52)37(62-46)34-59-47-44(55)42(53)40(51)36(31-48)61-47/h3-4,7-10,13-16,35-37,40-48,51-56H,1-2,5-6,11-12,17-34H2/b9-7+,10-8+,15-13-,16-14+/t35-,36-,37-,40+,41+,42+,43+,44-,45-,46-,47+/m1/s1. The highest BCUT2D eigenvalue weighted by Gasteiger charge is 2.47. The number of allylic oxidation sites excluding steroid dienone is 10. The summed E-state index contributed by atoms with van der Waals surface area (Å²) in [6.45, 7) is 5.44. The van der Waals surface area contributed by atoms with Crippen molar-refractivity contribution in [1.82, 2.24) is 0 Å². The summed E-state index contributed by atoms with van der Waals surface area (Å²) in [5.41, 5.74) is 0. The van der Waals surface area contributed by atoms with E-state index in [1.165, 1.54) is 0 Å². The second kappa shape index (κ2) is 34.4. The summed E-state index contributed by atoms with van der Waals surface area (Å²) in [4.78, 5) is 25.6. The molecule has 0 saturated carbocycles. The summed E-state index contributed by atoms with van der Waals surface area (Å²) in [6, 6.07) is 0. The summed E-state index contributed by atoms with van der Waals surface area (Å²) in [7, 11) is 0. The molecule has 0 aliphatic carbocycles. The number of hydrogen-bond donors (Lipinski definition) is 7. The van der Waals surface area contributed by atoms with Gasteiger partial charge in [0.05, 0.1) is 19.8 Å². The third kappa shape index (κ3) is 23.0. The molecule has 2 fully saturated rings. The quantitative estimate of drug-likeness (QED) is 0.0264. The maximum atomic E-state index is 12.9. The Balaban J connectivity index is 1.87. The van der Waals surface area contributed by atoms with Crippen molar-refractivity contribution in [3.05, 3.63) is 73.9 Å². The van der Waals surface area contributed by atoms with Crippen LogP contribution in [-0.4, -0.2) is 142 Å². The molecular weight excluding hydrogens is 805 g/mol. The van der Waals surface area contributed by atoms with E-state index in [0.29, 0.717) is 12.8 Å².